The molecule has 1 aromatic carbocycles. The zero-order chi connectivity index (χ0) is 12.7. The molecule has 5 nitrogen and oxygen atoms in total. The number of fused-ring (bicyclic) bond motifs is 1. The molecule has 0 fully saturated rings. The van der Waals surface area contributed by atoms with E-state index in [1.165, 1.54) is 0 Å². The van der Waals surface area contributed by atoms with Crippen molar-refractivity contribution in [1.82, 2.24) is 15.5 Å². The van der Waals surface area contributed by atoms with E-state index in [1.54, 1.807) is 18.2 Å². The van der Waals surface area contributed by atoms with Crippen molar-refractivity contribution in [2.45, 2.75) is 13.0 Å². The lowest BCUT2D eigenvalue weighted by atomic mass is 10.1. The van der Waals surface area contributed by atoms with Crippen LogP contribution >= 0.6 is 0 Å². The topological polar surface area (TPSA) is 68.0 Å². The Morgan fingerprint density at radius 3 is 2.89 bits per heavy atom. The summed E-state index contributed by atoms with van der Waals surface area (Å²) in [6.45, 7) is 0.473. The van der Waals surface area contributed by atoms with Crippen LogP contribution in [0.15, 0.2) is 22.6 Å². The molecule has 1 aromatic heterocycles. The number of carbonyl (C=O) groups is 1. The van der Waals surface area contributed by atoms with Crippen molar-refractivity contribution < 1.29 is 18.0 Å². The first-order valence-corrected chi connectivity index (χ1v) is 5.18. The number of halogens is 2. The summed E-state index contributed by atoms with van der Waals surface area (Å²) in [6, 6.07) is 4.94. The first-order valence-electron chi connectivity index (χ1n) is 5.18. The number of nitrogens with zero attached hydrogens (tertiary/aromatic N) is 2. The predicted octanol–water partition coefficient (Wildman–Crippen LogP) is 1.92. The zero-order valence-electron chi connectivity index (χ0n) is 8.98. The fraction of sp³-hybridized carbons (Fsp3) is 0.182. The maximum absolute atomic E-state index is 12.3. The van der Waals surface area contributed by atoms with Crippen LogP contribution in [-0.2, 0) is 6.54 Å². The van der Waals surface area contributed by atoms with E-state index in [0.717, 1.165) is 5.56 Å². The molecule has 0 saturated carbocycles. The lowest BCUT2D eigenvalue weighted by Gasteiger charge is -1.98. The predicted molar refractivity (Wildman–Crippen MR) is 55.9 cm³/mol. The molecule has 1 aliphatic heterocycles. The molecule has 7 heteroatoms. The van der Waals surface area contributed by atoms with Gasteiger partial charge in [-0.25, -0.2) is 0 Å². The van der Waals surface area contributed by atoms with Gasteiger partial charge >= 0.3 is 6.43 Å². The molecule has 2 aromatic rings. The molecular formula is C11H7F2N3O2. The summed E-state index contributed by atoms with van der Waals surface area (Å²) < 4.78 is 29.5. The molecule has 1 N–H and O–H groups in total. The van der Waals surface area contributed by atoms with Crippen molar-refractivity contribution in [2.24, 2.45) is 0 Å². The average Bonchev–Trinajstić information content (AvgIpc) is 2.96. The van der Waals surface area contributed by atoms with Gasteiger partial charge in [0.2, 0.25) is 5.89 Å². The molecule has 0 radical (unpaired) electrons. The summed E-state index contributed by atoms with van der Waals surface area (Å²) in [5.41, 5.74) is 1.81. The fourth-order valence-corrected chi connectivity index (χ4v) is 1.79. The van der Waals surface area contributed by atoms with Crippen LogP contribution in [0.5, 0.6) is 0 Å². The van der Waals surface area contributed by atoms with Crippen LogP contribution < -0.4 is 5.32 Å². The second-order valence-corrected chi connectivity index (χ2v) is 3.80. The fourth-order valence-electron chi connectivity index (χ4n) is 1.79. The van der Waals surface area contributed by atoms with Gasteiger partial charge < -0.3 is 9.73 Å². The molecule has 0 atom stereocenters. The number of nitrogens with one attached hydrogen (secondary N) is 1. The summed E-state index contributed by atoms with van der Waals surface area (Å²) in [7, 11) is 0. The van der Waals surface area contributed by atoms with Gasteiger partial charge in [0.25, 0.3) is 11.8 Å². The average molecular weight is 251 g/mol. The van der Waals surface area contributed by atoms with Crippen molar-refractivity contribution >= 4 is 5.91 Å². The monoisotopic (exact) mass is 251 g/mol. The van der Waals surface area contributed by atoms with Crippen LogP contribution in [0.25, 0.3) is 11.5 Å². The van der Waals surface area contributed by atoms with Gasteiger partial charge in [-0.2, -0.15) is 8.78 Å². The first kappa shape index (κ1) is 10.8. The molecule has 92 valence electrons. The van der Waals surface area contributed by atoms with Crippen LogP contribution in [0.3, 0.4) is 0 Å². The highest BCUT2D eigenvalue weighted by Gasteiger charge is 2.21. The van der Waals surface area contributed by atoms with Crippen molar-refractivity contribution in [3.05, 3.63) is 35.2 Å². The number of carbonyl (C=O) groups excluding carboxylic acids is 1. The van der Waals surface area contributed by atoms with Crippen LogP contribution in [0.1, 0.15) is 28.2 Å². The summed E-state index contributed by atoms with van der Waals surface area (Å²) in [5, 5.41) is 9.43. The van der Waals surface area contributed by atoms with Gasteiger partial charge in [0.1, 0.15) is 0 Å². The second kappa shape index (κ2) is 3.86. The van der Waals surface area contributed by atoms with E-state index in [2.05, 4.69) is 15.5 Å². The van der Waals surface area contributed by atoms with Gasteiger partial charge in [0.15, 0.2) is 0 Å². The van der Waals surface area contributed by atoms with Crippen LogP contribution in [0.4, 0.5) is 8.78 Å². The van der Waals surface area contributed by atoms with Crippen LogP contribution in [-0.4, -0.2) is 16.1 Å². The Morgan fingerprint density at radius 2 is 2.17 bits per heavy atom. The van der Waals surface area contributed by atoms with E-state index in [4.69, 9.17) is 4.42 Å². The molecule has 2 heterocycles. The molecular weight excluding hydrogens is 244 g/mol. The highest BCUT2D eigenvalue weighted by molar-refractivity contribution is 5.99. The van der Waals surface area contributed by atoms with Crippen LogP contribution in [0.2, 0.25) is 0 Å². The Hall–Kier alpha value is -2.31. The Balaban J connectivity index is 2.02. The van der Waals surface area contributed by atoms with E-state index in [9.17, 15) is 13.6 Å². The van der Waals surface area contributed by atoms with E-state index < -0.39 is 12.3 Å². The van der Waals surface area contributed by atoms with E-state index in [1.807, 2.05) is 0 Å². The molecule has 0 aliphatic carbocycles. The van der Waals surface area contributed by atoms with E-state index >= 15 is 0 Å². The normalized spacial score (nSPS) is 13.8. The summed E-state index contributed by atoms with van der Waals surface area (Å²) in [5.74, 6) is -0.941. The first-order chi connectivity index (χ1) is 8.65. The number of aromatic nitrogens is 2. The number of alkyl halides is 2. The minimum absolute atomic E-state index is 0.0206. The minimum atomic E-state index is -2.80. The third kappa shape index (κ3) is 1.64. The molecule has 0 saturated heterocycles. The largest absolute Gasteiger partial charge is 0.415 e. The molecule has 1 aliphatic rings. The Bertz CT molecular complexity index is 625. The maximum atomic E-state index is 12.3. The van der Waals surface area contributed by atoms with Crippen molar-refractivity contribution in [3.63, 3.8) is 0 Å². The summed E-state index contributed by atoms with van der Waals surface area (Å²) >= 11 is 0. The highest BCUT2D eigenvalue weighted by Crippen LogP contribution is 2.26. The van der Waals surface area contributed by atoms with E-state index in [-0.39, 0.29) is 11.8 Å². The molecule has 0 spiro atoms. The standard InChI is InChI=1S/C11H7F2N3O2/c12-8(13)11-16-15-10(18-11)5-1-2-6-4-14-9(17)7(6)3-5/h1-3,8H,4H2,(H,14,17). The quantitative estimate of drug-likeness (QED) is 0.885. The van der Waals surface area contributed by atoms with Gasteiger partial charge in [-0.1, -0.05) is 6.07 Å². The number of hydrogen-bond donors (Lipinski definition) is 1. The van der Waals surface area contributed by atoms with E-state index in [0.29, 0.717) is 17.7 Å². The van der Waals surface area contributed by atoms with Gasteiger partial charge in [-0.05, 0) is 17.7 Å². The number of hydrogen-bond acceptors (Lipinski definition) is 4. The van der Waals surface area contributed by atoms with Crippen molar-refractivity contribution in [3.8, 4) is 11.5 Å². The highest BCUT2D eigenvalue weighted by atomic mass is 19.3. The Morgan fingerprint density at radius 1 is 1.33 bits per heavy atom. The SMILES string of the molecule is O=C1NCc2ccc(-c3nnc(C(F)F)o3)cc21. The lowest BCUT2D eigenvalue weighted by molar-refractivity contribution is 0.0965. The molecule has 0 bridgehead atoms. The maximum Gasteiger partial charge on any atom is 0.314 e. The third-order valence-corrected chi connectivity index (χ3v) is 2.67. The molecule has 1 amide bonds. The summed E-state index contributed by atoms with van der Waals surface area (Å²) in [4.78, 5) is 11.5. The van der Waals surface area contributed by atoms with Gasteiger partial charge in [0, 0.05) is 17.7 Å². The van der Waals surface area contributed by atoms with Crippen LogP contribution in [0, 0.1) is 0 Å². The number of benzene rings is 1. The summed E-state index contributed by atoms with van der Waals surface area (Å²) in [6.07, 6.45) is -2.80. The van der Waals surface area contributed by atoms with Gasteiger partial charge in [-0.15, -0.1) is 10.2 Å². The Labute approximate surface area is 99.8 Å². The Kier molecular flexibility index (Phi) is 2.32. The molecule has 3 rings (SSSR count). The van der Waals surface area contributed by atoms with Gasteiger partial charge in [-0.3, -0.25) is 4.79 Å². The minimum Gasteiger partial charge on any atom is -0.415 e. The molecule has 18 heavy (non-hydrogen) atoms. The molecule has 0 unspecified atom stereocenters. The smallest absolute Gasteiger partial charge is 0.314 e. The van der Waals surface area contributed by atoms with Crippen molar-refractivity contribution in [2.75, 3.05) is 0 Å². The zero-order valence-corrected chi connectivity index (χ0v) is 8.98. The lowest BCUT2D eigenvalue weighted by Crippen LogP contribution is -2.12. The number of amides is 1. The van der Waals surface area contributed by atoms with Crippen molar-refractivity contribution in [1.29, 1.82) is 0 Å². The van der Waals surface area contributed by atoms with Gasteiger partial charge in [0.05, 0.1) is 0 Å². The second-order valence-electron chi connectivity index (χ2n) is 3.80. The third-order valence-electron chi connectivity index (χ3n) is 2.67. The number of rotatable bonds is 2.